The molecule has 152 valence electrons. The lowest BCUT2D eigenvalue weighted by atomic mass is 9.85. The fourth-order valence-corrected chi connectivity index (χ4v) is 4.37. The fourth-order valence-electron chi connectivity index (χ4n) is 4.37. The SMILES string of the molecule is CC(=O)c1cccc(NCC(C(=O)O[C@H]2CN3CCC2CC3)c2ccccc2)c1. The molecular weight excluding hydrogens is 364 g/mol. The summed E-state index contributed by atoms with van der Waals surface area (Å²) in [7, 11) is 0. The van der Waals surface area contributed by atoms with Gasteiger partial charge in [0.1, 0.15) is 6.10 Å². The van der Waals surface area contributed by atoms with Gasteiger partial charge < -0.3 is 10.1 Å². The van der Waals surface area contributed by atoms with Crippen LogP contribution in [0.3, 0.4) is 0 Å². The van der Waals surface area contributed by atoms with Crippen LogP contribution in [0.4, 0.5) is 5.69 Å². The number of fused-ring (bicyclic) bond motifs is 3. The highest BCUT2D eigenvalue weighted by Gasteiger charge is 2.37. The second-order valence-electron chi connectivity index (χ2n) is 8.09. The lowest BCUT2D eigenvalue weighted by molar-refractivity contribution is -0.160. The number of hydrogen-bond donors (Lipinski definition) is 1. The van der Waals surface area contributed by atoms with Crippen LogP contribution < -0.4 is 5.32 Å². The molecule has 1 unspecified atom stereocenters. The Morgan fingerprint density at radius 1 is 1.10 bits per heavy atom. The summed E-state index contributed by atoms with van der Waals surface area (Å²) in [5.41, 5.74) is 2.42. The number of rotatable bonds is 7. The third-order valence-electron chi connectivity index (χ3n) is 6.13. The monoisotopic (exact) mass is 392 g/mol. The van der Waals surface area contributed by atoms with Crippen molar-refractivity contribution < 1.29 is 14.3 Å². The van der Waals surface area contributed by atoms with Gasteiger partial charge in [0.05, 0.1) is 5.92 Å². The molecule has 2 aromatic rings. The molecule has 0 radical (unpaired) electrons. The average Bonchev–Trinajstić information content (AvgIpc) is 2.76. The maximum absolute atomic E-state index is 13.1. The van der Waals surface area contributed by atoms with E-state index in [1.807, 2.05) is 48.5 Å². The summed E-state index contributed by atoms with van der Waals surface area (Å²) in [6.45, 7) is 5.07. The van der Waals surface area contributed by atoms with Gasteiger partial charge in [-0.2, -0.15) is 0 Å². The molecular formula is C24H28N2O3. The van der Waals surface area contributed by atoms with E-state index >= 15 is 0 Å². The summed E-state index contributed by atoms with van der Waals surface area (Å²) >= 11 is 0. The number of esters is 1. The van der Waals surface area contributed by atoms with Crippen LogP contribution in [0.1, 0.15) is 41.6 Å². The lowest BCUT2D eigenvalue weighted by Crippen LogP contribution is -2.52. The van der Waals surface area contributed by atoms with Gasteiger partial charge in [-0.3, -0.25) is 14.5 Å². The summed E-state index contributed by atoms with van der Waals surface area (Å²) < 4.78 is 6.02. The molecule has 0 aromatic heterocycles. The maximum Gasteiger partial charge on any atom is 0.315 e. The Balaban J connectivity index is 1.47. The number of nitrogens with one attached hydrogen (secondary N) is 1. The quantitative estimate of drug-likeness (QED) is 0.575. The first-order chi connectivity index (χ1) is 14.1. The Hall–Kier alpha value is -2.66. The molecule has 3 aliphatic heterocycles. The number of nitrogens with zero attached hydrogens (tertiary/aromatic N) is 1. The van der Waals surface area contributed by atoms with E-state index in [0.29, 0.717) is 18.0 Å². The van der Waals surface area contributed by atoms with Gasteiger partial charge in [0.15, 0.2) is 5.78 Å². The number of anilines is 1. The van der Waals surface area contributed by atoms with E-state index in [9.17, 15) is 9.59 Å². The highest BCUT2D eigenvalue weighted by atomic mass is 16.5. The molecule has 5 rings (SSSR count). The van der Waals surface area contributed by atoms with Crippen LogP contribution in [0, 0.1) is 5.92 Å². The van der Waals surface area contributed by atoms with Crippen LogP contribution >= 0.6 is 0 Å². The second kappa shape index (κ2) is 8.78. The van der Waals surface area contributed by atoms with Crippen molar-refractivity contribution in [3.05, 3.63) is 65.7 Å². The van der Waals surface area contributed by atoms with Gasteiger partial charge in [-0.1, -0.05) is 42.5 Å². The first kappa shape index (κ1) is 19.6. The molecule has 0 saturated carbocycles. The van der Waals surface area contributed by atoms with Gasteiger partial charge in [-0.15, -0.1) is 0 Å². The molecule has 3 saturated heterocycles. The van der Waals surface area contributed by atoms with Crippen molar-refractivity contribution in [2.24, 2.45) is 5.92 Å². The van der Waals surface area contributed by atoms with E-state index in [2.05, 4.69) is 10.2 Å². The molecule has 5 nitrogen and oxygen atoms in total. The number of Topliss-reactive ketones (excluding diaryl/α,β-unsaturated/α-hetero) is 1. The highest BCUT2D eigenvalue weighted by Crippen LogP contribution is 2.31. The molecule has 3 heterocycles. The Kier molecular flexibility index (Phi) is 5.95. The van der Waals surface area contributed by atoms with E-state index in [1.54, 1.807) is 13.0 Å². The van der Waals surface area contributed by atoms with Crippen molar-refractivity contribution in [2.45, 2.75) is 31.8 Å². The summed E-state index contributed by atoms with van der Waals surface area (Å²) in [6.07, 6.45) is 2.23. The van der Waals surface area contributed by atoms with E-state index in [4.69, 9.17) is 4.74 Å². The summed E-state index contributed by atoms with van der Waals surface area (Å²) in [4.78, 5) is 27.2. The fraction of sp³-hybridized carbons (Fsp3) is 0.417. The number of piperidine rings is 3. The van der Waals surface area contributed by atoms with E-state index in [0.717, 1.165) is 43.7 Å². The Labute approximate surface area is 172 Å². The summed E-state index contributed by atoms with van der Waals surface area (Å²) in [5.74, 6) is -0.0617. The third-order valence-corrected chi connectivity index (χ3v) is 6.13. The zero-order chi connectivity index (χ0) is 20.2. The number of hydrogen-bond acceptors (Lipinski definition) is 5. The lowest BCUT2D eigenvalue weighted by Gasteiger charge is -2.44. The molecule has 3 fully saturated rings. The van der Waals surface area contributed by atoms with Crippen LogP contribution in [0.25, 0.3) is 0 Å². The summed E-state index contributed by atoms with van der Waals surface area (Å²) in [5, 5.41) is 3.33. The molecule has 1 N–H and O–H groups in total. The first-order valence-electron chi connectivity index (χ1n) is 10.4. The molecule has 2 bridgehead atoms. The van der Waals surface area contributed by atoms with Gasteiger partial charge >= 0.3 is 5.97 Å². The third kappa shape index (κ3) is 4.67. The Bertz CT molecular complexity index is 859. The van der Waals surface area contributed by atoms with Crippen molar-refractivity contribution >= 4 is 17.4 Å². The number of ether oxygens (including phenoxy) is 1. The van der Waals surface area contributed by atoms with Crippen molar-refractivity contribution in [3.63, 3.8) is 0 Å². The Morgan fingerprint density at radius 3 is 2.52 bits per heavy atom. The van der Waals surface area contributed by atoms with Crippen LogP contribution in [0.5, 0.6) is 0 Å². The zero-order valence-corrected chi connectivity index (χ0v) is 16.8. The topological polar surface area (TPSA) is 58.6 Å². The first-order valence-corrected chi connectivity index (χ1v) is 10.4. The van der Waals surface area contributed by atoms with Crippen molar-refractivity contribution in [1.82, 2.24) is 4.90 Å². The van der Waals surface area contributed by atoms with Crippen molar-refractivity contribution in [3.8, 4) is 0 Å². The molecule has 3 aliphatic rings. The van der Waals surface area contributed by atoms with E-state index in [1.165, 1.54) is 0 Å². The van der Waals surface area contributed by atoms with Gasteiger partial charge in [0.2, 0.25) is 0 Å². The molecule has 0 aliphatic carbocycles. The molecule has 2 atom stereocenters. The average molecular weight is 392 g/mol. The van der Waals surface area contributed by atoms with E-state index < -0.39 is 5.92 Å². The standard InChI is InChI=1S/C24H28N2O3/c1-17(27)20-8-5-9-21(14-20)25-15-22(18-6-3-2-4-7-18)24(28)29-23-16-26-12-10-19(23)11-13-26/h2-9,14,19,22-23,25H,10-13,15-16H2,1H3/t22?,23-/m0/s1. The van der Waals surface area contributed by atoms with Crippen LogP contribution in [-0.4, -0.2) is 48.9 Å². The zero-order valence-electron chi connectivity index (χ0n) is 16.8. The van der Waals surface area contributed by atoms with Crippen LogP contribution in [0.2, 0.25) is 0 Å². The Morgan fingerprint density at radius 2 is 1.86 bits per heavy atom. The number of carbonyl (C=O) groups excluding carboxylic acids is 2. The summed E-state index contributed by atoms with van der Waals surface area (Å²) in [6, 6.07) is 17.2. The van der Waals surface area contributed by atoms with Crippen molar-refractivity contribution in [2.75, 3.05) is 31.5 Å². The predicted octanol–water partition coefficient (Wildman–Crippen LogP) is 3.72. The molecule has 2 aromatic carbocycles. The highest BCUT2D eigenvalue weighted by molar-refractivity contribution is 5.95. The van der Waals surface area contributed by atoms with Gasteiger partial charge in [-0.05, 0) is 56.5 Å². The van der Waals surface area contributed by atoms with Gasteiger partial charge in [0.25, 0.3) is 0 Å². The van der Waals surface area contributed by atoms with Crippen LogP contribution in [-0.2, 0) is 9.53 Å². The van der Waals surface area contributed by atoms with Crippen LogP contribution in [0.15, 0.2) is 54.6 Å². The second-order valence-corrected chi connectivity index (χ2v) is 8.09. The minimum Gasteiger partial charge on any atom is -0.460 e. The number of benzene rings is 2. The largest absolute Gasteiger partial charge is 0.460 e. The molecule has 29 heavy (non-hydrogen) atoms. The molecule has 0 spiro atoms. The number of carbonyl (C=O) groups is 2. The molecule has 5 heteroatoms. The smallest absolute Gasteiger partial charge is 0.315 e. The normalized spacial score (nSPS) is 24.0. The number of ketones is 1. The van der Waals surface area contributed by atoms with E-state index in [-0.39, 0.29) is 17.9 Å². The van der Waals surface area contributed by atoms with Gasteiger partial charge in [0, 0.05) is 24.3 Å². The molecule has 0 amide bonds. The minimum atomic E-state index is -0.396. The van der Waals surface area contributed by atoms with Crippen molar-refractivity contribution in [1.29, 1.82) is 0 Å². The minimum absolute atomic E-state index is 0.00254. The maximum atomic E-state index is 13.1. The predicted molar refractivity (Wildman–Crippen MR) is 113 cm³/mol. The van der Waals surface area contributed by atoms with Gasteiger partial charge in [-0.25, -0.2) is 0 Å².